The van der Waals surface area contributed by atoms with Crippen LogP contribution >= 0.6 is 0 Å². The number of ether oxygens (including phenoxy) is 3. The van der Waals surface area contributed by atoms with Crippen molar-refractivity contribution in [3.63, 3.8) is 0 Å². The Balaban J connectivity index is 1.80. The maximum Gasteiger partial charge on any atom is 0.231 e. The van der Waals surface area contributed by atoms with E-state index in [1.54, 1.807) is 18.2 Å². The molecule has 1 heterocycles. The summed E-state index contributed by atoms with van der Waals surface area (Å²) in [6, 6.07) is 9.65. The minimum Gasteiger partial charge on any atom is -0.485 e. The minimum atomic E-state index is -0.552. The average molecular weight is 288 g/mol. The summed E-state index contributed by atoms with van der Waals surface area (Å²) in [4.78, 5) is 11.5. The highest BCUT2D eigenvalue weighted by molar-refractivity contribution is 5.96. The van der Waals surface area contributed by atoms with Gasteiger partial charge in [-0.1, -0.05) is 12.1 Å². The first-order valence-corrected chi connectivity index (χ1v) is 6.46. The van der Waals surface area contributed by atoms with Gasteiger partial charge in [-0.2, -0.15) is 0 Å². The van der Waals surface area contributed by atoms with E-state index >= 15 is 0 Å². The minimum absolute atomic E-state index is 0.0253. The first-order chi connectivity index (χ1) is 10.1. The number of fused-ring (bicyclic) bond motifs is 1. The van der Waals surface area contributed by atoms with Gasteiger partial charge in [0.2, 0.25) is 6.79 Å². The van der Waals surface area contributed by atoms with Crippen LogP contribution in [0.15, 0.2) is 36.4 Å². The number of Topliss-reactive ketones (excluding diaryl/α,β-unsaturated/α-hetero) is 1. The molecule has 0 N–H and O–H groups in total. The summed E-state index contributed by atoms with van der Waals surface area (Å²) in [6.45, 7) is 1.71. The molecule has 5 heteroatoms. The van der Waals surface area contributed by atoms with Gasteiger partial charge in [0.25, 0.3) is 0 Å². The lowest BCUT2D eigenvalue weighted by Crippen LogP contribution is -2.03. The third-order valence-electron chi connectivity index (χ3n) is 3.17. The van der Waals surface area contributed by atoms with Crippen LogP contribution in [0.4, 0.5) is 4.39 Å². The van der Waals surface area contributed by atoms with E-state index in [9.17, 15) is 9.18 Å². The molecule has 4 nitrogen and oxygen atoms in total. The van der Waals surface area contributed by atoms with E-state index in [1.807, 2.05) is 6.07 Å². The van der Waals surface area contributed by atoms with E-state index in [0.717, 1.165) is 5.56 Å². The van der Waals surface area contributed by atoms with Crippen molar-refractivity contribution in [2.45, 2.75) is 13.5 Å². The Hall–Kier alpha value is -2.56. The van der Waals surface area contributed by atoms with Gasteiger partial charge in [0, 0.05) is 0 Å². The summed E-state index contributed by atoms with van der Waals surface area (Å²) in [5.41, 5.74) is 1.03. The lowest BCUT2D eigenvalue weighted by atomic mass is 10.1. The number of para-hydroxylation sites is 1. The van der Waals surface area contributed by atoms with Crippen molar-refractivity contribution >= 4 is 5.78 Å². The summed E-state index contributed by atoms with van der Waals surface area (Å²) in [5.74, 6) is 0.492. The van der Waals surface area contributed by atoms with Gasteiger partial charge < -0.3 is 14.2 Å². The third-order valence-corrected chi connectivity index (χ3v) is 3.17. The SMILES string of the molecule is CC(=O)c1cccc(F)c1OCc1ccc2c(c1)OCO2. The van der Waals surface area contributed by atoms with Gasteiger partial charge in [0.05, 0.1) is 5.56 Å². The fourth-order valence-electron chi connectivity index (χ4n) is 2.12. The number of ketones is 1. The van der Waals surface area contributed by atoms with Gasteiger partial charge in [0.1, 0.15) is 6.61 Å². The molecule has 3 rings (SSSR count). The lowest BCUT2D eigenvalue weighted by Gasteiger charge is -2.11. The molecular formula is C16H13FO4. The number of benzene rings is 2. The molecule has 21 heavy (non-hydrogen) atoms. The highest BCUT2D eigenvalue weighted by Crippen LogP contribution is 2.33. The van der Waals surface area contributed by atoms with Crippen LogP contribution in [0.5, 0.6) is 17.2 Å². The summed E-state index contributed by atoms with van der Waals surface area (Å²) in [7, 11) is 0. The van der Waals surface area contributed by atoms with Crippen molar-refractivity contribution in [2.75, 3.05) is 6.79 Å². The Kier molecular flexibility index (Phi) is 3.48. The van der Waals surface area contributed by atoms with E-state index in [-0.39, 0.29) is 30.5 Å². The number of hydrogen-bond donors (Lipinski definition) is 0. The van der Waals surface area contributed by atoms with Gasteiger partial charge >= 0.3 is 0 Å². The largest absolute Gasteiger partial charge is 0.485 e. The summed E-state index contributed by atoms with van der Waals surface area (Å²) in [6.07, 6.45) is 0. The molecule has 0 unspecified atom stereocenters. The Labute approximate surface area is 121 Å². The molecule has 0 atom stereocenters. The molecule has 108 valence electrons. The molecule has 0 aliphatic carbocycles. The molecule has 1 aliphatic heterocycles. The lowest BCUT2D eigenvalue weighted by molar-refractivity contribution is 0.101. The van der Waals surface area contributed by atoms with Gasteiger partial charge in [0.15, 0.2) is 28.8 Å². The van der Waals surface area contributed by atoms with E-state index < -0.39 is 5.82 Å². The van der Waals surface area contributed by atoms with Crippen LogP contribution in [0, 0.1) is 5.82 Å². The Morgan fingerprint density at radius 2 is 2.05 bits per heavy atom. The highest BCUT2D eigenvalue weighted by Gasteiger charge is 2.16. The fourth-order valence-corrected chi connectivity index (χ4v) is 2.12. The number of hydrogen-bond acceptors (Lipinski definition) is 4. The fraction of sp³-hybridized carbons (Fsp3) is 0.188. The maximum atomic E-state index is 13.8. The maximum absolute atomic E-state index is 13.8. The predicted molar refractivity (Wildman–Crippen MR) is 73.3 cm³/mol. The van der Waals surface area contributed by atoms with Crippen molar-refractivity contribution in [3.05, 3.63) is 53.3 Å². The van der Waals surface area contributed by atoms with Crippen LogP contribution in [-0.4, -0.2) is 12.6 Å². The molecule has 0 amide bonds. The zero-order valence-electron chi connectivity index (χ0n) is 11.4. The highest BCUT2D eigenvalue weighted by atomic mass is 19.1. The van der Waals surface area contributed by atoms with Crippen molar-refractivity contribution in [3.8, 4) is 17.2 Å². The normalized spacial score (nSPS) is 12.3. The first kappa shape index (κ1) is 13.4. The van der Waals surface area contributed by atoms with E-state index in [1.165, 1.54) is 19.1 Å². The van der Waals surface area contributed by atoms with Crippen LogP contribution in [0.2, 0.25) is 0 Å². The monoisotopic (exact) mass is 288 g/mol. The van der Waals surface area contributed by atoms with Crippen molar-refractivity contribution in [1.82, 2.24) is 0 Å². The van der Waals surface area contributed by atoms with Gasteiger partial charge in [-0.25, -0.2) is 4.39 Å². The number of halogens is 1. The van der Waals surface area contributed by atoms with Gasteiger partial charge in [-0.05, 0) is 36.8 Å². The molecular weight excluding hydrogens is 275 g/mol. The van der Waals surface area contributed by atoms with Crippen LogP contribution < -0.4 is 14.2 Å². The number of carbonyl (C=O) groups is 1. The number of carbonyl (C=O) groups excluding carboxylic acids is 1. The molecule has 0 aromatic heterocycles. The Morgan fingerprint density at radius 1 is 1.24 bits per heavy atom. The van der Waals surface area contributed by atoms with Crippen LogP contribution in [0.3, 0.4) is 0 Å². The summed E-state index contributed by atoms with van der Waals surface area (Å²) in [5, 5.41) is 0. The predicted octanol–water partition coefficient (Wildman–Crippen LogP) is 3.34. The van der Waals surface area contributed by atoms with Crippen LogP contribution in [0.25, 0.3) is 0 Å². The second-order valence-corrected chi connectivity index (χ2v) is 4.65. The van der Waals surface area contributed by atoms with Crippen molar-refractivity contribution < 1.29 is 23.4 Å². The summed E-state index contributed by atoms with van der Waals surface area (Å²) >= 11 is 0. The first-order valence-electron chi connectivity index (χ1n) is 6.46. The molecule has 0 radical (unpaired) electrons. The van der Waals surface area contributed by atoms with Crippen LogP contribution in [0.1, 0.15) is 22.8 Å². The third kappa shape index (κ3) is 2.67. The van der Waals surface area contributed by atoms with Crippen molar-refractivity contribution in [1.29, 1.82) is 0 Å². The molecule has 0 spiro atoms. The van der Waals surface area contributed by atoms with E-state index in [0.29, 0.717) is 11.5 Å². The van der Waals surface area contributed by atoms with Gasteiger partial charge in [-0.15, -0.1) is 0 Å². The average Bonchev–Trinajstić information content (AvgIpc) is 2.93. The second kappa shape index (κ2) is 5.44. The smallest absolute Gasteiger partial charge is 0.231 e. The van der Waals surface area contributed by atoms with E-state index in [4.69, 9.17) is 14.2 Å². The quantitative estimate of drug-likeness (QED) is 0.809. The van der Waals surface area contributed by atoms with Crippen molar-refractivity contribution in [2.24, 2.45) is 0 Å². The number of rotatable bonds is 4. The molecule has 0 fully saturated rings. The molecule has 1 aliphatic rings. The van der Waals surface area contributed by atoms with Gasteiger partial charge in [-0.3, -0.25) is 4.79 Å². The van der Waals surface area contributed by atoms with E-state index in [2.05, 4.69) is 0 Å². The zero-order valence-corrected chi connectivity index (χ0v) is 11.4. The molecule has 2 aromatic rings. The topological polar surface area (TPSA) is 44.8 Å². The van der Waals surface area contributed by atoms with Crippen LogP contribution in [-0.2, 0) is 6.61 Å². The summed E-state index contributed by atoms with van der Waals surface area (Å²) < 4.78 is 29.8. The Bertz CT molecular complexity index is 697. The molecule has 0 saturated heterocycles. The zero-order chi connectivity index (χ0) is 14.8. The standard InChI is InChI=1S/C16H13FO4/c1-10(18)12-3-2-4-13(17)16(12)19-8-11-5-6-14-15(7-11)21-9-20-14/h2-7H,8-9H2,1H3. The second-order valence-electron chi connectivity index (χ2n) is 4.65. The molecule has 0 bridgehead atoms. The molecule has 2 aromatic carbocycles. The molecule has 0 saturated carbocycles. The Morgan fingerprint density at radius 3 is 2.86 bits per heavy atom.